The van der Waals surface area contributed by atoms with E-state index in [0.717, 1.165) is 40.4 Å². The van der Waals surface area contributed by atoms with Crippen molar-refractivity contribution in [1.29, 1.82) is 0 Å². The molecule has 9 rings (SSSR count). The molecule has 210 valence electrons. The van der Waals surface area contributed by atoms with Gasteiger partial charge in [0, 0.05) is 18.1 Å². The summed E-state index contributed by atoms with van der Waals surface area (Å²) in [5.74, 6) is 7.17. The Morgan fingerprint density at radius 1 is 0.725 bits per heavy atom. The fraction of sp³-hybridized carbons (Fsp3) is 0.556. The van der Waals surface area contributed by atoms with Crippen LogP contribution < -0.4 is 0 Å². The molecule has 5 unspecified atom stereocenters. The third-order valence-corrected chi connectivity index (χ3v) is 11.4. The van der Waals surface area contributed by atoms with Crippen LogP contribution in [0.5, 0.6) is 11.5 Å². The average Bonchev–Trinajstić information content (AvgIpc) is 3.50. The van der Waals surface area contributed by atoms with Gasteiger partial charge >= 0.3 is 0 Å². The van der Waals surface area contributed by atoms with Gasteiger partial charge in [-0.15, -0.1) is 0 Å². The molecular weight excluding hydrogens is 496 g/mol. The molecule has 2 N–H and O–H groups in total. The third-order valence-electron chi connectivity index (χ3n) is 11.4. The van der Waals surface area contributed by atoms with Gasteiger partial charge in [-0.1, -0.05) is 31.2 Å². The molecule has 0 heterocycles. The lowest BCUT2D eigenvalue weighted by Crippen LogP contribution is -2.41. The van der Waals surface area contributed by atoms with Gasteiger partial charge in [0.1, 0.15) is 23.0 Å². The minimum atomic E-state index is -0.500. The summed E-state index contributed by atoms with van der Waals surface area (Å²) in [6.07, 6.45) is 11.1. The number of ether oxygens (including phenoxy) is 2. The number of rotatable bonds is 6. The topological polar surface area (TPSA) is 58.9 Å². The lowest BCUT2D eigenvalue weighted by atomic mass is 9.54. The molecule has 0 saturated heterocycles. The van der Waals surface area contributed by atoms with Gasteiger partial charge in [0.05, 0.1) is 0 Å². The largest absolute Gasteiger partial charge is 0.508 e. The maximum absolute atomic E-state index is 10.4. The van der Waals surface area contributed by atoms with Gasteiger partial charge in [0.25, 0.3) is 0 Å². The second-order valence-electron chi connectivity index (χ2n) is 14.3. The highest BCUT2D eigenvalue weighted by Gasteiger charge is 2.66. The maximum atomic E-state index is 10.4. The summed E-state index contributed by atoms with van der Waals surface area (Å²) in [4.78, 5) is 0. The van der Waals surface area contributed by atoms with Gasteiger partial charge in [-0.25, -0.2) is 0 Å². The van der Waals surface area contributed by atoms with Gasteiger partial charge in [0.15, 0.2) is 0 Å². The van der Waals surface area contributed by atoms with Crippen molar-refractivity contribution in [2.75, 3.05) is 0 Å². The van der Waals surface area contributed by atoms with Crippen molar-refractivity contribution in [3.63, 3.8) is 0 Å². The lowest BCUT2D eigenvalue weighted by Gasteiger charge is -2.52. The zero-order valence-electron chi connectivity index (χ0n) is 23.8. The van der Waals surface area contributed by atoms with Crippen molar-refractivity contribution >= 4 is 11.5 Å². The van der Waals surface area contributed by atoms with Crippen molar-refractivity contribution in [2.24, 2.45) is 46.8 Å². The van der Waals surface area contributed by atoms with E-state index in [1.165, 1.54) is 68.9 Å². The lowest BCUT2D eigenvalue weighted by molar-refractivity contribution is -0.0273. The first-order valence-electron chi connectivity index (χ1n) is 15.8. The van der Waals surface area contributed by atoms with Gasteiger partial charge < -0.3 is 19.7 Å². The van der Waals surface area contributed by atoms with E-state index in [1.807, 2.05) is 31.2 Å². The van der Waals surface area contributed by atoms with Crippen LogP contribution in [-0.2, 0) is 9.47 Å². The smallest absolute Gasteiger partial charge is 0.238 e. The standard InChI is InChI=1S/C36H42O4/c1-20-9-28-18-36(17-20)19-31(36)33(28)35(25-6-4-8-30(38)16-25)40-21(2)39-34(24-5-3-7-29(37)15-24)32-26-11-22-10-23(13-26)14-27(32)12-22/h3-8,15-16,20-23,26-28,31,37-38H,9-14,17-19H2,1-2H3/b34-32?,35-33+. The van der Waals surface area contributed by atoms with Crippen molar-refractivity contribution in [3.05, 3.63) is 70.8 Å². The molecule has 0 amide bonds. The fourth-order valence-electron chi connectivity index (χ4n) is 10.3. The molecule has 2 aromatic rings. The SMILES string of the molecule is CC1CC2CC3(C1)CC3/C2=C(/OC(C)OC(=C1C2CC3CC(C2)CC1C3)c1cccc(O)c1)c1cccc(O)c1. The van der Waals surface area contributed by atoms with Gasteiger partial charge in [-0.2, -0.15) is 0 Å². The minimum Gasteiger partial charge on any atom is -0.508 e. The average molecular weight is 539 g/mol. The molecule has 40 heavy (non-hydrogen) atoms. The quantitative estimate of drug-likeness (QED) is 0.286. The van der Waals surface area contributed by atoms with E-state index in [0.29, 0.717) is 29.1 Å². The first-order chi connectivity index (χ1) is 19.3. The number of allylic oxidation sites excluding steroid dienone is 2. The van der Waals surface area contributed by atoms with E-state index in [1.54, 1.807) is 12.1 Å². The molecule has 7 fully saturated rings. The molecule has 4 nitrogen and oxygen atoms in total. The zero-order chi connectivity index (χ0) is 27.2. The third kappa shape index (κ3) is 4.08. The van der Waals surface area contributed by atoms with Crippen LogP contribution in [0.4, 0.5) is 0 Å². The predicted molar refractivity (Wildman–Crippen MR) is 156 cm³/mol. The molecule has 6 bridgehead atoms. The van der Waals surface area contributed by atoms with Gasteiger partial charge in [-0.3, -0.25) is 0 Å². The number of aromatic hydroxyl groups is 2. The highest BCUT2D eigenvalue weighted by Crippen LogP contribution is 2.75. The molecular formula is C36H42O4. The van der Waals surface area contributed by atoms with Crippen molar-refractivity contribution in [1.82, 2.24) is 0 Å². The molecule has 0 aromatic heterocycles. The molecule has 1 spiro atoms. The highest BCUT2D eigenvalue weighted by atomic mass is 16.7. The van der Waals surface area contributed by atoms with Crippen LogP contribution >= 0.6 is 0 Å². The first-order valence-corrected chi connectivity index (χ1v) is 15.8. The molecule has 7 saturated carbocycles. The molecule has 7 aliphatic rings. The Bertz CT molecular complexity index is 1300. The van der Waals surface area contributed by atoms with Crippen LogP contribution in [0.3, 0.4) is 0 Å². The molecule has 5 atom stereocenters. The van der Waals surface area contributed by atoms with E-state index < -0.39 is 6.29 Å². The molecule has 4 heteroatoms. The summed E-state index contributed by atoms with van der Waals surface area (Å²) in [5, 5.41) is 20.8. The number of hydrogen-bond acceptors (Lipinski definition) is 4. The number of benzene rings is 2. The zero-order valence-corrected chi connectivity index (χ0v) is 23.8. The van der Waals surface area contributed by atoms with E-state index >= 15 is 0 Å². The van der Waals surface area contributed by atoms with Crippen LogP contribution in [0.25, 0.3) is 11.5 Å². The highest BCUT2D eigenvalue weighted by molar-refractivity contribution is 5.69. The summed E-state index contributed by atoms with van der Waals surface area (Å²) in [7, 11) is 0. The summed E-state index contributed by atoms with van der Waals surface area (Å²) in [5.41, 5.74) is 5.31. The Labute approximate surface area is 238 Å². The number of hydrogen-bond donors (Lipinski definition) is 2. The maximum Gasteiger partial charge on any atom is 0.238 e. The minimum absolute atomic E-state index is 0.267. The second kappa shape index (κ2) is 9.06. The number of phenolic OH excluding ortho intramolecular Hbond substituents is 2. The Kier molecular flexibility index (Phi) is 5.64. The van der Waals surface area contributed by atoms with E-state index in [2.05, 4.69) is 19.1 Å². The van der Waals surface area contributed by atoms with Crippen LogP contribution in [0, 0.1) is 46.8 Å². The van der Waals surface area contributed by atoms with Crippen molar-refractivity contribution in [2.45, 2.75) is 77.9 Å². The summed E-state index contributed by atoms with van der Waals surface area (Å²) < 4.78 is 13.8. The molecule has 7 aliphatic carbocycles. The second-order valence-corrected chi connectivity index (χ2v) is 14.3. The fourth-order valence-corrected chi connectivity index (χ4v) is 10.3. The Morgan fingerprint density at radius 3 is 1.88 bits per heavy atom. The number of fused-ring (bicyclic) bond motifs is 1. The van der Waals surface area contributed by atoms with Crippen LogP contribution in [0.1, 0.15) is 82.8 Å². The van der Waals surface area contributed by atoms with Gasteiger partial charge in [-0.05, 0) is 140 Å². The summed E-state index contributed by atoms with van der Waals surface area (Å²) in [6, 6.07) is 15.1. The Hall–Kier alpha value is -2.88. The summed E-state index contributed by atoms with van der Waals surface area (Å²) >= 11 is 0. The predicted octanol–water partition coefficient (Wildman–Crippen LogP) is 8.51. The van der Waals surface area contributed by atoms with E-state index in [4.69, 9.17) is 9.47 Å². The van der Waals surface area contributed by atoms with Crippen LogP contribution in [-0.4, -0.2) is 16.5 Å². The van der Waals surface area contributed by atoms with Crippen LogP contribution in [0.15, 0.2) is 59.7 Å². The van der Waals surface area contributed by atoms with Crippen molar-refractivity contribution < 1.29 is 19.7 Å². The van der Waals surface area contributed by atoms with Gasteiger partial charge in [0.2, 0.25) is 6.29 Å². The summed E-state index contributed by atoms with van der Waals surface area (Å²) in [6.45, 7) is 4.43. The van der Waals surface area contributed by atoms with Crippen molar-refractivity contribution in [3.8, 4) is 11.5 Å². The molecule has 0 aliphatic heterocycles. The Balaban J connectivity index is 1.17. The first kappa shape index (κ1) is 24.9. The van der Waals surface area contributed by atoms with Crippen LogP contribution in [0.2, 0.25) is 0 Å². The van der Waals surface area contributed by atoms with E-state index in [-0.39, 0.29) is 11.5 Å². The Morgan fingerprint density at radius 2 is 1.30 bits per heavy atom. The normalized spacial score (nSPS) is 38.5. The monoisotopic (exact) mass is 538 g/mol. The van der Waals surface area contributed by atoms with E-state index in [9.17, 15) is 10.2 Å². The molecule has 2 aromatic carbocycles. The molecule has 0 radical (unpaired) electrons. The number of phenols is 2.